The molecule has 7 nitrogen and oxygen atoms in total. The van der Waals surface area contributed by atoms with E-state index in [1.807, 2.05) is 0 Å². The van der Waals surface area contributed by atoms with E-state index in [-0.39, 0.29) is 17.7 Å². The van der Waals surface area contributed by atoms with Crippen LogP contribution >= 0.6 is 23.1 Å². The molecule has 2 aromatic rings. The number of amides is 1. The maximum absolute atomic E-state index is 11.9. The number of carboxylic acids is 1. The minimum Gasteiger partial charge on any atom is -0.481 e. The summed E-state index contributed by atoms with van der Waals surface area (Å²) in [6, 6.07) is 0. The van der Waals surface area contributed by atoms with Crippen LogP contribution in [0.1, 0.15) is 64.5 Å². The molecule has 27 heavy (non-hydrogen) atoms. The molecular formula is C18H25N3O4S2. The summed E-state index contributed by atoms with van der Waals surface area (Å²) in [6.45, 7) is 6.23. The summed E-state index contributed by atoms with van der Waals surface area (Å²) in [5, 5.41) is 11.9. The average molecular weight is 412 g/mol. The third kappa shape index (κ3) is 7.72. The van der Waals surface area contributed by atoms with Crippen LogP contribution in [0, 0.1) is 0 Å². The average Bonchev–Trinajstić information content (AvgIpc) is 3.21. The Bertz CT molecular complexity index is 765. The third-order valence-corrected chi connectivity index (χ3v) is 5.75. The first-order chi connectivity index (χ1) is 12.7. The van der Waals surface area contributed by atoms with Crippen molar-refractivity contribution in [3.8, 4) is 0 Å². The van der Waals surface area contributed by atoms with Crippen LogP contribution in [0.3, 0.4) is 0 Å². The minimum absolute atomic E-state index is 0.0640. The van der Waals surface area contributed by atoms with Gasteiger partial charge in [-0.3, -0.25) is 9.59 Å². The molecule has 0 saturated carbocycles. The molecule has 2 heterocycles. The number of nitrogens with one attached hydrogen (secondary N) is 1. The SMILES string of the molecule is CC(C)(C)c1cnc(CSc2cnc(NC(=O)CCCCCC(=O)O)s2)o1. The third-order valence-electron chi connectivity index (χ3n) is 3.66. The lowest BCUT2D eigenvalue weighted by molar-refractivity contribution is -0.137. The van der Waals surface area contributed by atoms with E-state index in [9.17, 15) is 9.59 Å². The number of thioether (sulfide) groups is 1. The number of carbonyl (C=O) groups excluding carboxylic acids is 1. The predicted molar refractivity (Wildman–Crippen MR) is 106 cm³/mol. The Morgan fingerprint density at radius 2 is 1.93 bits per heavy atom. The van der Waals surface area contributed by atoms with Gasteiger partial charge in [-0.1, -0.05) is 38.5 Å². The Morgan fingerprint density at radius 3 is 2.59 bits per heavy atom. The summed E-state index contributed by atoms with van der Waals surface area (Å²) in [5.74, 6) is 1.24. The van der Waals surface area contributed by atoms with Gasteiger partial charge in [-0.2, -0.15) is 0 Å². The maximum atomic E-state index is 11.9. The first-order valence-corrected chi connectivity index (χ1v) is 10.6. The summed E-state index contributed by atoms with van der Waals surface area (Å²) in [4.78, 5) is 30.9. The van der Waals surface area contributed by atoms with E-state index in [4.69, 9.17) is 9.52 Å². The fourth-order valence-electron chi connectivity index (χ4n) is 2.16. The molecule has 0 fully saturated rings. The number of nitrogens with zero attached hydrogens (tertiary/aromatic N) is 2. The second-order valence-corrected chi connectivity index (χ2v) is 9.45. The number of rotatable bonds is 10. The van der Waals surface area contributed by atoms with Crippen LogP contribution in [-0.2, 0) is 20.8 Å². The van der Waals surface area contributed by atoms with Crippen molar-refractivity contribution in [2.75, 3.05) is 5.32 Å². The fraction of sp³-hybridized carbons (Fsp3) is 0.556. The fourth-order valence-corrected chi connectivity index (χ4v) is 3.90. The van der Waals surface area contributed by atoms with Crippen LogP contribution in [0.5, 0.6) is 0 Å². The zero-order valence-electron chi connectivity index (χ0n) is 15.8. The van der Waals surface area contributed by atoms with Gasteiger partial charge in [0.05, 0.1) is 22.4 Å². The number of carbonyl (C=O) groups is 2. The van der Waals surface area contributed by atoms with Gasteiger partial charge in [0.2, 0.25) is 11.8 Å². The minimum atomic E-state index is -0.799. The standard InChI is InChI=1S/C18H25N3O4S2/c1-18(2,3)12-9-19-14(25-12)11-26-16-10-20-17(27-16)21-13(22)7-5-4-6-8-15(23)24/h9-10H,4-8,11H2,1-3H3,(H,23,24)(H,20,21,22). The van der Waals surface area contributed by atoms with Crippen LogP contribution in [0.4, 0.5) is 5.13 Å². The molecule has 9 heteroatoms. The largest absolute Gasteiger partial charge is 0.481 e. The van der Waals surface area contributed by atoms with Crippen molar-refractivity contribution in [1.29, 1.82) is 0 Å². The highest BCUT2D eigenvalue weighted by Crippen LogP contribution is 2.31. The van der Waals surface area contributed by atoms with Gasteiger partial charge in [0.15, 0.2) is 5.13 Å². The number of oxazole rings is 1. The highest BCUT2D eigenvalue weighted by Gasteiger charge is 2.19. The van der Waals surface area contributed by atoms with Gasteiger partial charge >= 0.3 is 5.97 Å². The van der Waals surface area contributed by atoms with Crippen molar-refractivity contribution < 1.29 is 19.1 Å². The lowest BCUT2D eigenvalue weighted by atomic mass is 9.94. The number of hydrogen-bond donors (Lipinski definition) is 2. The van der Waals surface area contributed by atoms with E-state index in [1.165, 1.54) is 11.3 Å². The van der Waals surface area contributed by atoms with Gasteiger partial charge < -0.3 is 14.8 Å². The van der Waals surface area contributed by atoms with Crippen LogP contribution in [0.25, 0.3) is 0 Å². The van der Waals surface area contributed by atoms with E-state index in [0.717, 1.165) is 16.4 Å². The molecule has 0 aliphatic carbocycles. The molecule has 2 rings (SSSR count). The number of unbranched alkanes of at least 4 members (excludes halogenated alkanes) is 2. The molecule has 0 aliphatic rings. The van der Waals surface area contributed by atoms with E-state index in [0.29, 0.717) is 36.0 Å². The number of hydrogen-bond acceptors (Lipinski definition) is 7. The van der Waals surface area contributed by atoms with Crippen LogP contribution in [-0.4, -0.2) is 27.0 Å². The molecule has 0 bridgehead atoms. The molecule has 2 N–H and O–H groups in total. The number of carboxylic acid groups (broad SMARTS) is 1. The van der Waals surface area contributed by atoms with E-state index >= 15 is 0 Å². The molecule has 0 spiro atoms. The van der Waals surface area contributed by atoms with Crippen molar-refractivity contribution in [3.63, 3.8) is 0 Å². The molecule has 1 amide bonds. The van der Waals surface area contributed by atoms with Crippen LogP contribution in [0.2, 0.25) is 0 Å². The number of aliphatic carboxylic acids is 1. The normalized spacial score (nSPS) is 11.5. The topological polar surface area (TPSA) is 105 Å². The van der Waals surface area contributed by atoms with Gasteiger partial charge in [-0.25, -0.2) is 9.97 Å². The number of aromatic nitrogens is 2. The van der Waals surface area contributed by atoms with E-state index in [1.54, 1.807) is 24.2 Å². The van der Waals surface area contributed by atoms with E-state index in [2.05, 4.69) is 36.1 Å². The quantitative estimate of drug-likeness (QED) is 0.431. The summed E-state index contributed by atoms with van der Waals surface area (Å²) >= 11 is 2.98. The molecule has 0 unspecified atom stereocenters. The Labute approximate surface area is 167 Å². The lowest BCUT2D eigenvalue weighted by Crippen LogP contribution is -2.10. The monoisotopic (exact) mass is 411 g/mol. The Balaban J connectivity index is 1.72. The molecule has 148 valence electrons. The second-order valence-electron chi connectivity index (χ2n) is 7.14. The van der Waals surface area contributed by atoms with Crippen LogP contribution < -0.4 is 5.32 Å². The number of thiazole rings is 1. The first-order valence-electron chi connectivity index (χ1n) is 8.79. The van der Waals surface area contributed by atoms with Gasteiger partial charge in [-0.15, -0.1) is 11.8 Å². The molecule has 0 atom stereocenters. The Hall–Kier alpha value is -1.87. The van der Waals surface area contributed by atoms with Crippen molar-refractivity contribution in [1.82, 2.24) is 9.97 Å². The van der Waals surface area contributed by atoms with Gasteiger partial charge in [-0.05, 0) is 12.8 Å². The summed E-state index contributed by atoms with van der Waals surface area (Å²) in [7, 11) is 0. The zero-order valence-corrected chi connectivity index (χ0v) is 17.4. The summed E-state index contributed by atoms with van der Waals surface area (Å²) < 4.78 is 6.74. The molecule has 0 aliphatic heterocycles. The Kier molecular flexibility index (Phi) is 7.85. The zero-order chi connectivity index (χ0) is 19.9. The summed E-state index contributed by atoms with van der Waals surface area (Å²) in [5.41, 5.74) is -0.0640. The molecule has 0 aromatic carbocycles. The van der Waals surface area contributed by atoms with Gasteiger partial charge in [0, 0.05) is 18.3 Å². The molecular weight excluding hydrogens is 386 g/mol. The lowest BCUT2D eigenvalue weighted by Gasteiger charge is -2.12. The predicted octanol–water partition coefficient (Wildman–Crippen LogP) is 4.69. The van der Waals surface area contributed by atoms with Crippen molar-refractivity contribution in [2.45, 2.75) is 68.3 Å². The Morgan fingerprint density at radius 1 is 1.19 bits per heavy atom. The first kappa shape index (κ1) is 21.4. The van der Waals surface area contributed by atoms with Crippen molar-refractivity contribution >= 4 is 40.1 Å². The smallest absolute Gasteiger partial charge is 0.303 e. The molecule has 2 aromatic heterocycles. The van der Waals surface area contributed by atoms with Gasteiger partial charge in [0.1, 0.15) is 5.76 Å². The molecule has 0 radical (unpaired) electrons. The van der Waals surface area contributed by atoms with Crippen molar-refractivity contribution in [3.05, 3.63) is 24.0 Å². The molecule has 0 saturated heterocycles. The highest BCUT2D eigenvalue weighted by atomic mass is 32.2. The number of anilines is 1. The highest BCUT2D eigenvalue weighted by molar-refractivity contribution is 8.00. The van der Waals surface area contributed by atoms with Gasteiger partial charge in [0.25, 0.3) is 0 Å². The maximum Gasteiger partial charge on any atom is 0.303 e. The summed E-state index contributed by atoms with van der Waals surface area (Å²) in [6.07, 6.45) is 6.01. The second kappa shape index (κ2) is 9.89. The van der Waals surface area contributed by atoms with E-state index < -0.39 is 5.97 Å². The van der Waals surface area contributed by atoms with Crippen molar-refractivity contribution in [2.24, 2.45) is 0 Å². The van der Waals surface area contributed by atoms with Crippen LogP contribution in [0.15, 0.2) is 21.0 Å².